The Morgan fingerprint density at radius 2 is 1.52 bits per heavy atom. The maximum absolute atomic E-state index is 12.5. The molecule has 1 heterocycles. The highest BCUT2D eigenvalue weighted by Gasteiger charge is 2.18. The maximum Gasteiger partial charge on any atom is 0.340 e. The van der Waals surface area contributed by atoms with Gasteiger partial charge in [0.25, 0.3) is 0 Å². The molecule has 0 saturated carbocycles. The number of aromatic nitrogens is 1. The van der Waals surface area contributed by atoms with Gasteiger partial charge in [0.1, 0.15) is 6.54 Å². The summed E-state index contributed by atoms with van der Waals surface area (Å²) < 4.78 is 11.2. The van der Waals surface area contributed by atoms with Crippen LogP contribution in [0.3, 0.4) is 0 Å². The van der Waals surface area contributed by atoms with Crippen molar-refractivity contribution in [2.24, 2.45) is 0 Å². The van der Waals surface area contributed by atoms with E-state index < -0.39 is 11.9 Å². The highest BCUT2D eigenvalue weighted by molar-refractivity contribution is 6.05. The molecule has 0 radical (unpaired) electrons. The van der Waals surface area contributed by atoms with E-state index in [1.807, 2.05) is 18.2 Å². The summed E-state index contributed by atoms with van der Waals surface area (Å²) >= 11 is 0. The summed E-state index contributed by atoms with van der Waals surface area (Å²) in [5, 5.41) is 3.42. The van der Waals surface area contributed by atoms with Gasteiger partial charge in [0, 0.05) is 17.1 Å². The first-order valence-electron chi connectivity index (χ1n) is 8.18. The van der Waals surface area contributed by atoms with Crippen LogP contribution in [0, 0.1) is 0 Å². The number of carbonyl (C=O) groups excluding carboxylic acids is 3. The van der Waals surface area contributed by atoms with Crippen LogP contribution in [0.1, 0.15) is 20.7 Å². The standard InChI is InChI=1S/C20H18N2O5/c1-26-19(24)14-8-3-5-9-16(14)21-18(23)12-22-11-15(20(25)27-2)13-7-4-6-10-17(13)22/h3-11H,12H2,1-2H3,(H,21,23). The van der Waals surface area contributed by atoms with Gasteiger partial charge in [0.15, 0.2) is 0 Å². The van der Waals surface area contributed by atoms with Crippen molar-refractivity contribution in [2.75, 3.05) is 19.5 Å². The molecular formula is C20H18N2O5. The number of nitrogens with one attached hydrogen (secondary N) is 1. The lowest BCUT2D eigenvalue weighted by Gasteiger charge is -2.10. The number of methoxy groups -OCH3 is 2. The number of hydrogen-bond donors (Lipinski definition) is 1. The van der Waals surface area contributed by atoms with Gasteiger partial charge in [-0.15, -0.1) is 0 Å². The third kappa shape index (κ3) is 3.67. The van der Waals surface area contributed by atoms with E-state index in [4.69, 9.17) is 9.47 Å². The molecule has 1 N–H and O–H groups in total. The molecule has 2 aromatic carbocycles. The number of carbonyl (C=O) groups is 3. The molecule has 0 unspecified atom stereocenters. The Morgan fingerprint density at radius 3 is 2.26 bits per heavy atom. The Kier molecular flexibility index (Phi) is 5.21. The summed E-state index contributed by atoms with van der Waals surface area (Å²) in [5.74, 6) is -1.35. The molecular weight excluding hydrogens is 348 g/mol. The van der Waals surface area contributed by atoms with Crippen LogP contribution in [0.15, 0.2) is 54.7 Å². The van der Waals surface area contributed by atoms with Crippen LogP contribution in [0.4, 0.5) is 5.69 Å². The van der Waals surface area contributed by atoms with Crippen LogP contribution in [-0.4, -0.2) is 36.6 Å². The van der Waals surface area contributed by atoms with Gasteiger partial charge in [0.05, 0.1) is 31.0 Å². The Balaban J connectivity index is 1.88. The minimum atomic E-state index is -0.537. The number of hydrogen-bond acceptors (Lipinski definition) is 5. The third-order valence-electron chi connectivity index (χ3n) is 4.11. The van der Waals surface area contributed by atoms with Crippen molar-refractivity contribution in [2.45, 2.75) is 6.54 Å². The quantitative estimate of drug-likeness (QED) is 0.702. The zero-order valence-corrected chi connectivity index (χ0v) is 14.9. The van der Waals surface area contributed by atoms with Gasteiger partial charge in [-0.2, -0.15) is 0 Å². The summed E-state index contributed by atoms with van der Waals surface area (Å²) in [6.07, 6.45) is 1.59. The summed E-state index contributed by atoms with van der Waals surface area (Å²) in [7, 11) is 2.59. The zero-order chi connectivity index (χ0) is 19.4. The first-order chi connectivity index (χ1) is 13.0. The SMILES string of the molecule is COC(=O)c1ccccc1NC(=O)Cn1cc(C(=O)OC)c2ccccc21. The van der Waals surface area contributed by atoms with E-state index in [9.17, 15) is 14.4 Å². The van der Waals surface area contributed by atoms with Gasteiger partial charge in [-0.1, -0.05) is 30.3 Å². The fraction of sp³-hybridized carbons (Fsp3) is 0.150. The fourth-order valence-corrected chi connectivity index (χ4v) is 2.87. The molecule has 1 amide bonds. The van der Waals surface area contributed by atoms with E-state index in [0.29, 0.717) is 16.6 Å². The summed E-state index contributed by atoms with van der Waals surface area (Å²) in [5.41, 5.74) is 1.74. The Morgan fingerprint density at radius 1 is 0.889 bits per heavy atom. The van der Waals surface area contributed by atoms with E-state index in [1.54, 1.807) is 41.1 Å². The van der Waals surface area contributed by atoms with Gasteiger partial charge in [0.2, 0.25) is 5.91 Å². The second-order valence-electron chi connectivity index (χ2n) is 5.76. The molecule has 7 heteroatoms. The average Bonchev–Trinajstić information content (AvgIpc) is 3.05. The van der Waals surface area contributed by atoms with Crippen LogP contribution >= 0.6 is 0 Å². The number of anilines is 1. The molecule has 0 spiro atoms. The Bertz CT molecular complexity index is 1020. The summed E-state index contributed by atoms with van der Waals surface area (Å²) in [6.45, 7) is -0.0347. The lowest BCUT2D eigenvalue weighted by molar-refractivity contribution is -0.116. The van der Waals surface area contributed by atoms with Crippen molar-refractivity contribution in [1.82, 2.24) is 4.57 Å². The van der Waals surface area contributed by atoms with E-state index in [-0.39, 0.29) is 18.0 Å². The van der Waals surface area contributed by atoms with E-state index in [0.717, 1.165) is 5.52 Å². The lowest BCUT2D eigenvalue weighted by Crippen LogP contribution is -2.20. The molecule has 0 fully saturated rings. The van der Waals surface area contributed by atoms with Crippen molar-refractivity contribution in [3.8, 4) is 0 Å². The largest absolute Gasteiger partial charge is 0.465 e. The monoisotopic (exact) mass is 366 g/mol. The van der Waals surface area contributed by atoms with E-state index in [1.165, 1.54) is 14.2 Å². The molecule has 0 aliphatic carbocycles. The number of fused-ring (bicyclic) bond motifs is 1. The van der Waals surface area contributed by atoms with Gasteiger partial charge in [-0.25, -0.2) is 9.59 Å². The Labute approximate surface area is 155 Å². The number of rotatable bonds is 5. The number of benzene rings is 2. The van der Waals surface area contributed by atoms with Gasteiger partial charge in [-0.05, 0) is 18.2 Å². The van der Waals surface area contributed by atoms with Crippen LogP contribution in [0.2, 0.25) is 0 Å². The molecule has 0 aliphatic rings. The smallest absolute Gasteiger partial charge is 0.340 e. The molecule has 3 aromatic rings. The molecule has 1 aromatic heterocycles. The highest BCUT2D eigenvalue weighted by atomic mass is 16.5. The number of nitrogens with zero attached hydrogens (tertiary/aromatic N) is 1. The molecule has 7 nitrogen and oxygen atoms in total. The first kappa shape index (κ1) is 18.2. The second kappa shape index (κ2) is 7.74. The maximum atomic E-state index is 12.5. The molecule has 0 atom stereocenters. The first-order valence-corrected chi connectivity index (χ1v) is 8.18. The minimum absolute atomic E-state index is 0.0347. The predicted octanol–water partition coefficient (Wildman–Crippen LogP) is 2.85. The minimum Gasteiger partial charge on any atom is -0.465 e. The van der Waals surface area contributed by atoms with Crippen molar-refractivity contribution in [3.05, 3.63) is 65.9 Å². The fourth-order valence-electron chi connectivity index (χ4n) is 2.87. The molecule has 0 aliphatic heterocycles. The highest BCUT2D eigenvalue weighted by Crippen LogP contribution is 2.22. The summed E-state index contributed by atoms with van der Waals surface area (Å²) in [6, 6.07) is 13.8. The number of para-hydroxylation sites is 2. The van der Waals surface area contributed by atoms with Gasteiger partial charge in [-0.3, -0.25) is 4.79 Å². The molecule has 138 valence electrons. The van der Waals surface area contributed by atoms with Crippen molar-refractivity contribution < 1.29 is 23.9 Å². The van der Waals surface area contributed by atoms with Crippen molar-refractivity contribution in [3.63, 3.8) is 0 Å². The Hall–Kier alpha value is -3.61. The average molecular weight is 366 g/mol. The van der Waals surface area contributed by atoms with E-state index >= 15 is 0 Å². The lowest BCUT2D eigenvalue weighted by atomic mass is 10.2. The van der Waals surface area contributed by atoms with Crippen LogP contribution in [-0.2, 0) is 20.8 Å². The van der Waals surface area contributed by atoms with E-state index in [2.05, 4.69) is 5.32 Å². The predicted molar refractivity (Wildman–Crippen MR) is 99.7 cm³/mol. The van der Waals surface area contributed by atoms with Crippen molar-refractivity contribution in [1.29, 1.82) is 0 Å². The topological polar surface area (TPSA) is 86.6 Å². The van der Waals surface area contributed by atoms with Crippen LogP contribution in [0.5, 0.6) is 0 Å². The zero-order valence-electron chi connectivity index (χ0n) is 14.9. The van der Waals surface area contributed by atoms with Crippen LogP contribution < -0.4 is 5.32 Å². The third-order valence-corrected chi connectivity index (χ3v) is 4.11. The van der Waals surface area contributed by atoms with Gasteiger partial charge >= 0.3 is 11.9 Å². The van der Waals surface area contributed by atoms with Crippen LogP contribution in [0.25, 0.3) is 10.9 Å². The number of esters is 2. The summed E-state index contributed by atoms with van der Waals surface area (Å²) in [4.78, 5) is 36.3. The number of amides is 1. The molecule has 3 rings (SSSR count). The normalized spacial score (nSPS) is 10.4. The molecule has 0 bridgehead atoms. The van der Waals surface area contributed by atoms with Crippen molar-refractivity contribution >= 4 is 34.4 Å². The number of ether oxygens (including phenoxy) is 2. The van der Waals surface area contributed by atoms with Gasteiger partial charge < -0.3 is 19.4 Å². The second-order valence-corrected chi connectivity index (χ2v) is 5.76. The molecule has 27 heavy (non-hydrogen) atoms. The molecule has 0 saturated heterocycles.